The van der Waals surface area contributed by atoms with Crippen molar-refractivity contribution in [1.29, 1.82) is 0 Å². The SMILES string of the molecule is O=c1[nH]c2c(c(=O)[nH]1)C(c1ccccc1Cl)c1c(ccc3ccccc13)N2. The quantitative estimate of drug-likeness (QED) is 0.412. The van der Waals surface area contributed by atoms with Gasteiger partial charge in [-0.2, -0.15) is 0 Å². The molecule has 0 saturated carbocycles. The van der Waals surface area contributed by atoms with Gasteiger partial charge in [-0.3, -0.25) is 14.8 Å². The van der Waals surface area contributed by atoms with Crippen molar-refractivity contribution in [2.75, 3.05) is 5.32 Å². The Labute approximate surface area is 158 Å². The van der Waals surface area contributed by atoms with Crippen LogP contribution in [0.2, 0.25) is 5.02 Å². The normalized spacial score (nSPS) is 15.1. The zero-order valence-electron chi connectivity index (χ0n) is 14.0. The van der Waals surface area contributed by atoms with Crippen molar-refractivity contribution in [3.8, 4) is 0 Å². The first-order valence-electron chi connectivity index (χ1n) is 8.53. The van der Waals surface area contributed by atoms with Crippen molar-refractivity contribution in [2.45, 2.75) is 5.92 Å². The average molecular weight is 376 g/mol. The van der Waals surface area contributed by atoms with Gasteiger partial charge in [0.15, 0.2) is 0 Å². The molecule has 0 spiro atoms. The minimum atomic E-state index is -0.548. The summed E-state index contributed by atoms with van der Waals surface area (Å²) in [5.41, 5.74) is 2.10. The molecule has 3 N–H and O–H groups in total. The van der Waals surface area contributed by atoms with Crippen LogP contribution in [0.25, 0.3) is 10.8 Å². The molecule has 5 nitrogen and oxygen atoms in total. The summed E-state index contributed by atoms with van der Waals surface area (Å²) in [6.07, 6.45) is 0. The van der Waals surface area contributed by atoms with Gasteiger partial charge in [0, 0.05) is 16.6 Å². The van der Waals surface area contributed by atoms with Gasteiger partial charge in [-0.25, -0.2) is 4.79 Å². The third-order valence-electron chi connectivity index (χ3n) is 5.00. The highest BCUT2D eigenvalue weighted by molar-refractivity contribution is 6.31. The Morgan fingerprint density at radius 3 is 2.44 bits per heavy atom. The van der Waals surface area contributed by atoms with Gasteiger partial charge in [0.2, 0.25) is 0 Å². The Morgan fingerprint density at radius 2 is 1.59 bits per heavy atom. The van der Waals surface area contributed by atoms with E-state index in [1.54, 1.807) is 0 Å². The van der Waals surface area contributed by atoms with E-state index in [1.165, 1.54) is 0 Å². The summed E-state index contributed by atoms with van der Waals surface area (Å²) in [5.74, 6) is -0.00639. The lowest BCUT2D eigenvalue weighted by molar-refractivity contribution is 0.893. The number of rotatable bonds is 1. The molecule has 0 radical (unpaired) electrons. The second kappa shape index (κ2) is 5.86. The Kier molecular flexibility index (Phi) is 3.45. The number of halogens is 1. The maximum atomic E-state index is 12.8. The summed E-state index contributed by atoms with van der Waals surface area (Å²) in [5, 5.41) is 5.88. The van der Waals surface area contributed by atoms with Crippen LogP contribution in [0, 0.1) is 0 Å². The molecule has 27 heavy (non-hydrogen) atoms. The molecule has 1 aliphatic rings. The van der Waals surface area contributed by atoms with E-state index in [4.69, 9.17) is 11.6 Å². The molecule has 0 bridgehead atoms. The lowest BCUT2D eigenvalue weighted by Gasteiger charge is -2.30. The summed E-state index contributed by atoms with van der Waals surface area (Å²) < 4.78 is 0. The second-order valence-corrected chi connectivity index (χ2v) is 6.93. The van der Waals surface area contributed by atoms with Gasteiger partial charge in [0.05, 0.1) is 5.56 Å². The van der Waals surface area contributed by atoms with Crippen LogP contribution in [-0.4, -0.2) is 9.97 Å². The highest BCUT2D eigenvalue weighted by Crippen LogP contribution is 2.46. The standard InChI is InChI=1S/C21H14ClN3O2/c22-14-8-4-3-7-13(14)17-16-12-6-2-1-5-11(12)9-10-15(16)23-19-18(17)20(26)25-21(27)24-19/h1-10,17H,(H3,23,24,25,26,27). The smallest absolute Gasteiger partial charge is 0.327 e. The summed E-state index contributed by atoms with van der Waals surface area (Å²) in [6.45, 7) is 0. The van der Waals surface area contributed by atoms with Crippen molar-refractivity contribution < 1.29 is 0 Å². The summed E-state index contributed by atoms with van der Waals surface area (Å²) in [4.78, 5) is 29.6. The summed E-state index contributed by atoms with van der Waals surface area (Å²) >= 11 is 6.52. The third-order valence-corrected chi connectivity index (χ3v) is 5.35. The third kappa shape index (κ3) is 2.39. The predicted octanol–water partition coefficient (Wildman–Crippen LogP) is 4.11. The molecule has 5 rings (SSSR count). The van der Waals surface area contributed by atoms with Crippen LogP contribution in [0.1, 0.15) is 22.6 Å². The van der Waals surface area contributed by atoms with Gasteiger partial charge in [-0.15, -0.1) is 0 Å². The highest BCUT2D eigenvalue weighted by atomic mass is 35.5. The van der Waals surface area contributed by atoms with Crippen LogP contribution in [0.3, 0.4) is 0 Å². The number of H-pyrrole nitrogens is 2. The zero-order valence-corrected chi connectivity index (χ0v) is 14.8. The molecule has 1 unspecified atom stereocenters. The van der Waals surface area contributed by atoms with Crippen LogP contribution in [0.5, 0.6) is 0 Å². The molecule has 0 fully saturated rings. The number of aromatic amines is 2. The number of nitrogens with one attached hydrogen (secondary N) is 3. The van der Waals surface area contributed by atoms with Crippen molar-refractivity contribution in [2.24, 2.45) is 0 Å². The van der Waals surface area contributed by atoms with Crippen molar-refractivity contribution in [3.05, 3.63) is 103 Å². The maximum absolute atomic E-state index is 12.8. The fourth-order valence-electron chi connectivity index (χ4n) is 3.88. The van der Waals surface area contributed by atoms with Gasteiger partial charge < -0.3 is 5.32 Å². The van der Waals surface area contributed by atoms with Gasteiger partial charge >= 0.3 is 5.69 Å². The molecule has 2 heterocycles. The monoisotopic (exact) mass is 375 g/mol. The largest absolute Gasteiger partial charge is 0.341 e. The molecule has 4 aromatic rings. The molecule has 1 aliphatic heterocycles. The molecule has 0 saturated heterocycles. The fraction of sp³-hybridized carbons (Fsp3) is 0.0476. The summed E-state index contributed by atoms with van der Waals surface area (Å²) in [7, 11) is 0. The van der Waals surface area contributed by atoms with Crippen LogP contribution < -0.4 is 16.6 Å². The molecular formula is C21H14ClN3O2. The summed E-state index contributed by atoms with van der Waals surface area (Å²) in [6, 6.07) is 19.5. The first-order valence-corrected chi connectivity index (χ1v) is 8.91. The maximum Gasteiger partial charge on any atom is 0.327 e. The van der Waals surface area contributed by atoms with E-state index in [2.05, 4.69) is 15.3 Å². The number of hydrogen-bond acceptors (Lipinski definition) is 3. The van der Waals surface area contributed by atoms with E-state index < -0.39 is 17.2 Å². The van der Waals surface area contributed by atoms with E-state index in [0.29, 0.717) is 16.4 Å². The Balaban J connectivity index is 1.94. The highest BCUT2D eigenvalue weighted by Gasteiger charge is 2.33. The van der Waals surface area contributed by atoms with Crippen molar-refractivity contribution in [3.63, 3.8) is 0 Å². The Hall–Kier alpha value is -3.31. The molecule has 6 heteroatoms. The molecule has 132 valence electrons. The van der Waals surface area contributed by atoms with Gasteiger partial charge in [0.1, 0.15) is 5.82 Å². The van der Waals surface area contributed by atoms with E-state index >= 15 is 0 Å². The van der Waals surface area contributed by atoms with Crippen LogP contribution >= 0.6 is 11.6 Å². The number of aromatic nitrogens is 2. The lowest BCUT2D eigenvalue weighted by Crippen LogP contribution is -2.32. The van der Waals surface area contributed by atoms with Crippen LogP contribution in [-0.2, 0) is 0 Å². The van der Waals surface area contributed by atoms with Crippen LogP contribution in [0.4, 0.5) is 11.5 Å². The van der Waals surface area contributed by atoms with Gasteiger partial charge in [0.25, 0.3) is 5.56 Å². The van der Waals surface area contributed by atoms with Crippen LogP contribution in [0.15, 0.2) is 70.3 Å². The Morgan fingerprint density at radius 1 is 0.815 bits per heavy atom. The predicted molar refractivity (Wildman–Crippen MR) is 107 cm³/mol. The fourth-order valence-corrected chi connectivity index (χ4v) is 4.13. The van der Waals surface area contributed by atoms with Gasteiger partial charge in [-0.05, 0) is 34.0 Å². The van der Waals surface area contributed by atoms with Gasteiger partial charge in [-0.1, -0.05) is 60.1 Å². The molecule has 1 aromatic heterocycles. The topological polar surface area (TPSA) is 77.8 Å². The molecular weight excluding hydrogens is 362 g/mol. The zero-order chi connectivity index (χ0) is 18.5. The number of hydrogen-bond donors (Lipinski definition) is 3. The average Bonchev–Trinajstić information content (AvgIpc) is 2.66. The molecule has 0 amide bonds. The van der Waals surface area contributed by atoms with E-state index in [9.17, 15) is 9.59 Å². The number of benzene rings is 3. The molecule has 1 atom stereocenters. The molecule has 0 aliphatic carbocycles. The minimum Gasteiger partial charge on any atom is -0.341 e. The van der Waals surface area contributed by atoms with E-state index in [0.717, 1.165) is 27.6 Å². The molecule has 3 aromatic carbocycles. The first-order chi connectivity index (χ1) is 13.1. The van der Waals surface area contributed by atoms with Crippen molar-refractivity contribution in [1.82, 2.24) is 9.97 Å². The van der Waals surface area contributed by atoms with E-state index in [1.807, 2.05) is 60.7 Å². The van der Waals surface area contributed by atoms with Crippen molar-refractivity contribution >= 4 is 33.9 Å². The number of anilines is 2. The number of fused-ring (bicyclic) bond motifs is 4. The Bertz CT molecular complexity index is 1320. The lowest BCUT2D eigenvalue weighted by atomic mass is 9.80. The van der Waals surface area contributed by atoms with E-state index in [-0.39, 0.29) is 0 Å². The first kappa shape index (κ1) is 15.9. The second-order valence-electron chi connectivity index (χ2n) is 6.52. The minimum absolute atomic E-state index is 0.399.